The summed E-state index contributed by atoms with van der Waals surface area (Å²) in [6, 6.07) is 5.79. The van der Waals surface area contributed by atoms with Crippen LogP contribution in [0.15, 0.2) is 23.3 Å². The number of hydrazone groups is 1. The highest BCUT2D eigenvalue weighted by Gasteiger charge is 2.18. The van der Waals surface area contributed by atoms with Gasteiger partial charge in [-0.3, -0.25) is 4.79 Å². The fourth-order valence-corrected chi connectivity index (χ4v) is 2.78. The predicted molar refractivity (Wildman–Crippen MR) is 103 cm³/mol. The summed E-state index contributed by atoms with van der Waals surface area (Å²) in [6.45, 7) is 9.36. The second-order valence-corrected chi connectivity index (χ2v) is 6.19. The normalized spacial score (nSPS) is 10.9. The molecule has 0 fully saturated rings. The van der Waals surface area contributed by atoms with Crippen molar-refractivity contribution in [3.8, 4) is 5.75 Å². The Hall–Kier alpha value is -3.09. The Morgan fingerprint density at radius 1 is 1.19 bits per heavy atom. The van der Waals surface area contributed by atoms with Gasteiger partial charge in [0.2, 0.25) is 0 Å². The molecular weight excluding hydrogens is 346 g/mol. The van der Waals surface area contributed by atoms with Crippen LogP contribution in [-0.2, 0) is 9.53 Å². The van der Waals surface area contributed by atoms with E-state index in [4.69, 9.17) is 9.47 Å². The predicted octanol–water partition coefficient (Wildman–Crippen LogP) is 2.95. The van der Waals surface area contributed by atoms with Crippen LogP contribution >= 0.6 is 0 Å². The first-order valence-corrected chi connectivity index (χ1v) is 8.72. The molecule has 0 aliphatic carbocycles. The summed E-state index contributed by atoms with van der Waals surface area (Å²) in [6.07, 6.45) is 1.46. The van der Waals surface area contributed by atoms with E-state index in [1.807, 2.05) is 32.0 Å². The molecule has 7 nitrogen and oxygen atoms in total. The number of H-pyrrole nitrogens is 1. The Kier molecular flexibility index (Phi) is 6.76. The second-order valence-electron chi connectivity index (χ2n) is 6.19. The van der Waals surface area contributed by atoms with Crippen LogP contribution in [0.25, 0.3) is 0 Å². The minimum Gasteiger partial charge on any atom is -0.483 e. The number of aryl methyl sites for hydroxylation is 3. The lowest BCUT2D eigenvalue weighted by Gasteiger charge is -2.10. The highest BCUT2D eigenvalue weighted by Crippen LogP contribution is 2.22. The summed E-state index contributed by atoms with van der Waals surface area (Å²) >= 11 is 0. The van der Waals surface area contributed by atoms with Gasteiger partial charge in [-0.15, -0.1) is 0 Å². The van der Waals surface area contributed by atoms with Crippen molar-refractivity contribution in [2.24, 2.45) is 5.10 Å². The number of carbonyl (C=O) groups is 2. The number of rotatable bonds is 7. The number of hydrogen-bond acceptors (Lipinski definition) is 5. The number of esters is 1. The van der Waals surface area contributed by atoms with Crippen molar-refractivity contribution < 1.29 is 19.1 Å². The van der Waals surface area contributed by atoms with E-state index in [-0.39, 0.29) is 18.5 Å². The van der Waals surface area contributed by atoms with Gasteiger partial charge < -0.3 is 14.5 Å². The van der Waals surface area contributed by atoms with E-state index in [0.29, 0.717) is 29.3 Å². The topological polar surface area (TPSA) is 92.8 Å². The molecule has 27 heavy (non-hydrogen) atoms. The number of nitrogens with one attached hydrogen (secondary N) is 2. The molecule has 2 rings (SSSR count). The molecular formula is C20H25N3O4. The van der Waals surface area contributed by atoms with E-state index in [1.165, 1.54) is 6.21 Å². The molecule has 1 aromatic heterocycles. The summed E-state index contributed by atoms with van der Waals surface area (Å²) in [5.41, 5.74) is 6.89. The van der Waals surface area contributed by atoms with Crippen LogP contribution in [0.5, 0.6) is 5.75 Å². The number of hydrogen-bond donors (Lipinski definition) is 2. The molecule has 0 radical (unpaired) electrons. The van der Waals surface area contributed by atoms with Crippen molar-refractivity contribution in [1.29, 1.82) is 0 Å². The van der Waals surface area contributed by atoms with Crippen molar-refractivity contribution in [2.75, 3.05) is 13.2 Å². The smallest absolute Gasteiger partial charge is 0.340 e. The first-order valence-electron chi connectivity index (χ1n) is 8.72. The van der Waals surface area contributed by atoms with E-state index < -0.39 is 0 Å². The van der Waals surface area contributed by atoms with Crippen LogP contribution in [-0.4, -0.2) is 36.3 Å². The van der Waals surface area contributed by atoms with E-state index in [1.54, 1.807) is 20.8 Å². The highest BCUT2D eigenvalue weighted by molar-refractivity contribution is 5.96. The molecule has 144 valence electrons. The van der Waals surface area contributed by atoms with Gasteiger partial charge in [-0.25, -0.2) is 10.2 Å². The standard InChI is InChI=1S/C20H25N3O4/c1-6-26-20(25)18-14(4)16(22-15(18)5)10-21-23-17(24)11-27-19-12(2)8-7-9-13(19)3/h7-10,22H,6,11H2,1-5H3,(H,23,24)/b21-10+. The van der Waals surface area contributed by atoms with Crippen molar-refractivity contribution in [3.63, 3.8) is 0 Å². The summed E-state index contributed by atoms with van der Waals surface area (Å²) in [5, 5.41) is 3.93. The fourth-order valence-electron chi connectivity index (χ4n) is 2.78. The molecule has 0 saturated heterocycles. The minimum absolute atomic E-state index is 0.139. The molecule has 0 aliphatic heterocycles. The van der Waals surface area contributed by atoms with E-state index in [0.717, 1.165) is 16.7 Å². The maximum Gasteiger partial charge on any atom is 0.340 e. The molecule has 0 spiro atoms. The maximum atomic E-state index is 12.0. The molecule has 2 aromatic rings. The Bertz CT molecular complexity index is 848. The molecule has 2 N–H and O–H groups in total. The third-order valence-electron chi connectivity index (χ3n) is 4.09. The fraction of sp³-hybridized carbons (Fsp3) is 0.350. The largest absolute Gasteiger partial charge is 0.483 e. The lowest BCUT2D eigenvalue weighted by atomic mass is 10.1. The van der Waals surface area contributed by atoms with Gasteiger partial charge in [0.25, 0.3) is 5.91 Å². The number of nitrogens with zero attached hydrogens (tertiary/aromatic N) is 1. The van der Waals surface area contributed by atoms with Crippen LogP contribution in [0, 0.1) is 27.7 Å². The van der Waals surface area contributed by atoms with E-state index >= 15 is 0 Å². The number of carbonyl (C=O) groups excluding carboxylic acids is 2. The highest BCUT2D eigenvalue weighted by atomic mass is 16.5. The van der Waals surface area contributed by atoms with Crippen molar-refractivity contribution in [2.45, 2.75) is 34.6 Å². The quantitative estimate of drug-likeness (QED) is 0.445. The average Bonchev–Trinajstić information content (AvgIpc) is 2.88. The number of aromatic amines is 1. The molecule has 1 aromatic carbocycles. The lowest BCUT2D eigenvalue weighted by molar-refractivity contribution is -0.123. The van der Waals surface area contributed by atoms with Crippen molar-refractivity contribution in [3.05, 3.63) is 51.8 Å². The number of benzene rings is 1. The van der Waals surface area contributed by atoms with Crippen LogP contribution in [0.1, 0.15) is 45.4 Å². The summed E-state index contributed by atoms with van der Waals surface area (Å²) < 4.78 is 10.6. The summed E-state index contributed by atoms with van der Waals surface area (Å²) in [4.78, 5) is 27.0. The van der Waals surface area contributed by atoms with Crippen LogP contribution in [0.4, 0.5) is 0 Å². The monoisotopic (exact) mass is 371 g/mol. The summed E-state index contributed by atoms with van der Waals surface area (Å²) in [5.74, 6) is -0.0542. The number of aromatic nitrogens is 1. The average molecular weight is 371 g/mol. The van der Waals surface area contributed by atoms with Gasteiger partial charge in [-0.05, 0) is 51.3 Å². The van der Waals surface area contributed by atoms with Gasteiger partial charge >= 0.3 is 5.97 Å². The molecule has 0 bridgehead atoms. The minimum atomic E-state index is -0.380. The first-order chi connectivity index (χ1) is 12.8. The summed E-state index contributed by atoms with van der Waals surface area (Å²) in [7, 11) is 0. The molecule has 1 heterocycles. The van der Waals surface area contributed by atoms with Crippen LogP contribution in [0.2, 0.25) is 0 Å². The zero-order chi connectivity index (χ0) is 20.0. The molecule has 1 amide bonds. The van der Waals surface area contributed by atoms with Gasteiger partial charge in [-0.2, -0.15) is 5.10 Å². The van der Waals surface area contributed by atoms with Gasteiger partial charge in [0.15, 0.2) is 6.61 Å². The molecule has 7 heteroatoms. The first kappa shape index (κ1) is 20.2. The number of para-hydroxylation sites is 1. The van der Waals surface area contributed by atoms with Gasteiger partial charge in [-0.1, -0.05) is 18.2 Å². The number of ether oxygens (including phenoxy) is 2. The third kappa shape index (κ3) is 4.97. The van der Waals surface area contributed by atoms with Gasteiger partial charge in [0.1, 0.15) is 5.75 Å². The second kappa shape index (κ2) is 9.02. The molecule has 0 atom stereocenters. The van der Waals surface area contributed by atoms with Crippen molar-refractivity contribution in [1.82, 2.24) is 10.4 Å². The van der Waals surface area contributed by atoms with Crippen molar-refractivity contribution >= 4 is 18.1 Å². The Morgan fingerprint density at radius 3 is 2.48 bits per heavy atom. The third-order valence-corrected chi connectivity index (χ3v) is 4.09. The van der Waals surface area contributed by atoms with Gasteiger partial charge in [0.05, 0.1) is 24.1 Å². The Balaban J connectivity index is 1.96. The lowest BCUT2D eigenvalue weighted by Crippen LogP contribution is -2.25. The van der Waals surface area contributed by atoms with Crippen LogP contribution < -0.4 is 10.2 Å². The SMILES string of the molecule is CCOC(=O)c1c(C)[nH]c(/C=N/NC(=O)COc2c(C)cccc2C)c1C. The molecule has 0 saturated carbocycles. The maximum absolute atomic E-state index is 12.0. The zero-order valence-corrected chi connectivity index (χ0v) is 16.3. The zero-order valence-electron chi connectivity index (χ0n) is 16.3. The van der Waals surface area contributed by atoms with Gasteiger partial charge in [0, 0.05) is 5.69 Å². The van der Waals surface area contributed by atoms with E-state index in [9.17, 15) is 9.59 Å². The Morgan fingerprint density at radius 2 is 1.85 bits per heavy atom. The molecule has 0 aliphatic rings. The number of amides is 1. The van der Waals surface area contributed by atoms with Crippen LogP contribution in [0.3, 0.4) is 0 Å². The molecule has 0 unspecified atom stereocenters. The Labute approximate surface area is 158 Å². The van der Waals surface area contributed by atoms with E-state index in [2.05, 4.69) is 15.5 Å².